The summed E-state index contributed by atoms with van der Waals surface area (Å²) in [4.78, 5) is 21.5. The van der Waals surface area contributed by atoms with Gasteiger partial charge in [-0.05, 0) is 18.9 Å². The fourth-order valence-electron chi connectivity index (χ4n) is 1.37. The molecule has 0 aliphatic heterocycles. The van der Waals surface area contributed by atoms with E-state index in [1.807, 2.05) is 25.9 Å². The highest BCUT2D eigenvalue weighted by atomic mass is 16.1. The van der Waals surface area contributed by atoms with Gasteiger partial charge in [-0.3, -0.25) is 4.79 Å². The Labute approximate surface area is 90.3 Å². The van der Waals surface area contributed by atoms with Crippen LogP contribution in [-0.4, -0.2) is 29.8 Å². The van der Waals surface area contributed by atoms with Gasteiger partial charge in [-0.2, -0.15) is 0 Å². The van der Waals surface area contributed by atoms with Crippen molar-refractivity contribution in [2.75, 3.05) is 19.0 Å². The lowest BCUT2D eigenvalue weighted by atomic mass is 10.1. The van der Waals surface area contributed by atoms with Gasteiger partial charge in [-0.1, -0.05) is 6.92 Å². The average Bonchev–Trinajstić information content (AvgIpc) is 2.17. The first kappa shape index (κ1) is 11.6. The number of aromatic nitrogens is 2. The number of carbonyl (C=O) groups excluding carboxylic acids is 1. The number of hydrogen-bond donors (Lipinski definition) is 0. The van der Waals surface area contributed by atoms with E-state index in [0.717, 1.165) is 17.7 Å². The molecule has 0 aliphatic carbocycles. The van der Waals surface area contributed by atoms with Crippen molar-refractivity contribution in [3.05, 3.63) is 17.5 Å². The van der Waals surface area contributed by atoms with Crippen LogP contribution in [-0.2, 0) is 17.6 Å². The van der Waals surface area contributed by atoms with E-state index in [2.05, 4.69) is 9.97 Å². The summed E-state index contributed by atoms with van der Waals surface area (Å²) in [6.45, 7) is 3.62. The molecule has 15 heavy (non-hydrogen) atoms. The average molecular weight is 207 g/mol. The standard InChI is InChI=1S/C11H17N3O/c1-5-10-9(6-8(2)15)7-12-11(13-10)14(3)4/h7H,5-6H2,1-4H3. The number of rotatable bonds is 4. The van der Waals surface area contributed by atoms with Crippen LogP contribution in [0.25, 0.3) is 0 Å². The monoisotopic (exact) mass is 207 g/mol. The van der Waals surface area contributed by atoms with Crippen molar-refractivity contribution >= 4 is 11.7 Å². The normalized spacial score (nSPS) is 10.1. The molecule has 0 saturated carbocycles. The van der Waals surface area contributed by atoms with Gasteiger partial charge in [0.15, 0.2) is 0 Å². The molecule has 4 nitrogen and oxygen atoms in total. The third-order valence-electron chi connectivity index (χ3n) is 2.12. The van der Waals surface area contributed by atoms with E-state index in [1.165, 1.54) is 0 Å². The Bertz CT molecular complexity index is 361. The predicted octanol–water partition coefficient (Wildman–Crippen LogP) is 1.24. The quantitative estimate of drug-likeness (QED) is 0.745. The minimum absolute atomic E-state index is 0.144. The first-order valence-corrected chi connectivity index (χ1v) is 5.06. The lowest BCUT2D eigenvalue weighted by molar-refractivity contribution is -0.116. The number of aryl methyl sites for hydroxylation is 1. The van der Waals surface area contributed by atoms with E-state index >= 15 is 0 Å². The van der Waals surface area contributed by atoms with Crippen molar-refractivity contribution < 1.29 is 4.79 Å². The molecule has 0 fully saturated rings. The number of Topliss-reactive ketones (excluding diaryl/α,β-unsaturated/α-hetero) is 1. The molecule has 0 bridgehead atoms. The number of ketones is 1. The molecule has 1 aromatic rings. The Morgan fingerprint density at radius 2 is 2.13 bits per heavy atom. The van der Waals surface area contributed by atoms with Crippen LogP contribution in [0.2, 0.25) is 0 Å². The second-order valence-electron chi connectivity index (χ2n) is 3.77. The molecule has 0 aromatic carbocycles. The summed E-state index contributed by atoms with van der Waals surface area (Å²) in [6, 6.07) is 0. The largest absolute Gasteiger partial charge is 0.347 e. The molecule has 0 N–H and O–H groups in total. The van der Waals surface area contributed by atoms with Crippen molar-refractivity contribution in [3.63, 3.8) is 0 Å². The topological polar surface area (TPSA) is 46.1 Å². The smallest absolute Gasteiger partial charge is 0.224 e. The number of anilines is 1. The van der Waals surface area contributed by atoms with Crippen LogP contribution < -0.4 is 4.90 Å². The maximum atomic E-state index is 11.0. The minimum Gasteiger partial charge on any atom is -0.347 e. The molecule has 82 valence electrons. The van der Waals surface area contributed by atoms with Crippen molar-refractivity contribution in [2.45, 2.75) is 26.7 Å². The van der Waals surface area contributed by atoms with Crippen LogP contribution in [0.15, 0.2) is 6.20 Å². The second-order valence-corrected chi connectivity index (χ2v) is 3.77. The van der Waals surface area contributed by atoms with Gasteiger partial charge in [0.25, 0.3) is 0 Å². The molecular formula is C11H17N3O. The first-order valence-electron chi connectivity index (χ1n) is 5.06. The highest BCUT2D eigenvalue weighted by Gasteiger charge is 2.08. The fourth-order valence-corrected chi connectivity index (χ4v) is 1.37. The molecule has 0 spiro atoms. The zero-order valence-corrected chi connectivity index (χ0v) is 9.74. The number of carbonyl (C=O) groups is 1. The summed E-state index contributed by atoms with van der Waals surface area (Å²) in [5, 5.41) is 0. The van der Waals surface area contributed by atoms with Gasteiger partial charge in [0, 0.05) is 32.4 Å². The summed E-state index contributed by atoms with van der Waals surface area (Å²) in [5.74, 6) is 0.838. The van der Waals surface area contributed by atoms with Crippen molar-refractivity contribution in [3.8, 4) is 0 Å². The van der Waals surface area contributed by atoms with Crippen LogP contribution in [0.1, 0.15) is 25.1 Å². The summed E-state index contributed by atoms with van der Waals surface area (Å²) < 4.78 is 0. The number of nitrogens with zero attached hydrogens (tertiary/aromatic N) is 3. The summed E-state index contributed by atoms with van der Waals surface area (Å²) in [6.07, 6.45) is 3.01. The molecule has 0 unspecified atom stereocenters. The molecule has 0 atom stereocenters. The van der Waals surface area contributed by atoms with Gasteiger partial charge >= 0.3 is 0 Å². The van der Waals surface area contributed by atoms with Gasteiger partial charge in [-0.25, -0.2) is 9.97 Å². The zero-order valence-electron chi connectivity index (χ0n) is 9.74. The molecule has 1 rings (SSSR count). The summed E-state index contributed by atoms with van der Waals surface area (Å²) >= 11 is 0. The Balaban J connectivity index is 3.03. The van der Waals surface area contributed by atoms with Crippen LogP contribution in [0.5, 0.6) is 0 Å². The van der Waals surface area contributed by atoms with Crippen LogP contribution in [0.4, 0.5) is 5.95 Å². The third-order valence-corrected chi connectivity index (χ3v) is 2.12. The predicted molar refractivity (Wildman–Crippen MR) is 60.1 cm³/mol. The minimum atomic E-state index is 0.144. The first-order chi connectivity index (χ1) is 7.04. The molecule has 0 radical (unpaired) electrons. The molecule has 0 amide bonds. The summed E-state index contributed by atoms with van der Waals surface area (Å²) in [7, 11) is 3.80. The Morgan fingerprint density at radius 3 is 2.60 bits per heavy atom. The SMILES string of the molecule is CCc1nc(N(C)C)ncc1CC(C)=O. The van der Waals surface area contributed by atoms with E-state index in [-0.39, 0.29) is 5.78 Å². The Kier molecular flexibility index (Phi) is 3.77. The van der Waals surface area contributed by atoms with Gasteiger partial charge in [0.2, 0.25) is 5.95 Å². The van der Waals surface area contributed by atoms with Crippen LogP contribution in [0.3, 0.4) is 0 Å². The van der Waals surface area contributed by atoms with Crippen LogP contribution in [0, 0.1) is 0 Å². The molecular weight excluding hydrogens is 190 g/mol. The van der Waals surface area contributed by atoms with E-state index in [0.29, 0.717) is 12.4 Å². The lowest BCUT2D eigenvalue weighted by Gasteiger charge is -2.12. The molecule has 1 heterocycles. The van der Waals surface area contributed by atoms with Crippen LogP contribution >= 0.6 is 0 Å². The Morgan fingerprint density at radius 1 is 1.47 bits per heavy atom. The second kappa shape index (κ2) is 4.87. The molecule has 0 aliphatic rings. The summed E-state index contributed by atoms with van der Waals surface area (Å²) in [5.41, 5.74) is 1.90. The van der Waals surface area contributed by atoms with E-state index in [9.17, 15) is 4.79 Å². The maximum absolute atomic E-state index is 11.0. The molecule has 0 saturated heterocycles. The van der Waals surface area contributed by atoms with E-state index in [4.69, 9.17) is 0 Å². The lowest BCUT2D eigenvalue weighted by Crippen LogP contribution is -2.15. The van der Waals surface area contributed by atoms with Gasteiger partial charge in [0.05, 0.1) is 0 Å². The van der Waals surface area contributed by atoms with E-state index in [1.54, 1.807) is 13.1 Å². The Hall–Kier alpha value is -1.45. The van der Waals surface area contributed by atoms with Crippen molar-refractivity contribution in [1.29, 1.82) is 0 Å². The fraction of sp³-hybridized carbons (Fsp3) is 0.545. The van der Waals surface area contributed by atoms with E-state index < -0.39 is 0 Å². The highest BCUT2D eigenvalue weighted by Crippen LogP contribution is 2.11. The van der Waals surface area contributed by atoms with Crippen molar-refractivity contribution in [1.82, 2.24) is 9.97 Å². The van der Waals surface area contributed by atoms with Gasteiger partial charge < -0.3 is 4.90 Å². The third kappa shape index (κ3) is 3.01. The molecule has 1 aromatic heterocycles. The number of hydrogen-bond acceptors (Lipinski definition) is 4. The maximum Gasteiger partial charge on any atom is 0.224 e. The highest BCUT2D eigenvalue weighted by molar-refractivity contribution is 5.78. The van der Waals surface area contributed by atoms with Gasteiger partial charge in [-0.15, -0.1) is 0 Å². The van der Waals surface area contributed by atoms with Crippen molar-refractivity contribution in [2.24, 2.45) is 0 Å². The van der Waals surface area contributed by atoms with Gasteiger partial charge in [0.1, 0.15) is 5.78 Å². The molecule has 4 heteroatoms. The zero-order chi connectivity index (χ0) is 11.4.